The average Bonchev–Trinajstić information content (AvgIpc) is 2.24. The van der Waals surface area contributed by atoms with Gasteiger partial charge in [-0.05, 0) is 43.1 Å². The summed E-state index contributed by atoms with van der Waals surface area (Å²) in [6, 6.07) is 0. The van der Waals surface area contributed by atoms with Crippen molar-refractivity contribution >= 4 is 11.8 Å². The lowest BCUT2D eigenvalue weighted by Crippen LogP contribution is -2.08. The third-order valence-corrected chi connectivity index (χ3v) is 3.98. The molecule has 0 bridgehead atoms. The normalized spacial score (nSPS) is 21.6. The zero-order chi connectivity index (χ0) is 11.4. The fraction of sp³-hybridized carbons (Fsp3) is 0.571. The van der Waals surface area contributed by atoms with Gasteiger partial charge in [-0.1, -0.05) is 38.5 Å². The maximum atomic E-state index is 4.15. The Balaban J connectivity index is 3.01. The Hall–Kier alpha value is -0.430. The van der Waals surface area contributed by atoms with E-state index in [1.165, 1.54) is 29.7 Å². The summed E-state index contributed by atoms with van der Waals surface area (Å²) in [5.41, 5.74) is 4.54. The van der Waals surface area contributed by atoms with Crippen molar-refractivity contribution < 1.29 is 0 Å². The van der Waals surface area contributed by atoms with Gasteiger partial charge in [0, 0.05) is 4.91 Å². The van der Waals surface area contributed by atoms with Gasteiger partial charge in [-0.2, -0.15) is 0 Å². The molecule has 0 saturated carbocycles. The largest absolute Gasteiger partial charge is 0.130 e. The van der Waals surface area contributed by atoms with Gasteiger partial charge >= 0.3 is 0 Å². The van der Waals surface area contributed by atoms with Crippen LogP contribution in [0.15, 0.2) is 34.3 Å². The molecule has 1 heteroatoms. The third kappa shape index (κ3) is 2.78. The second kappa shape index (κ2) is 5.60. The van der Waals surface area contributed by atoms with Gasteiger partial charge in [0.15, 0.2) is 0 Å². The molecule has 0 radical (unpaired) electrons. The Bertz CT molecular complexity index is 307. The minimum absolute atomic E-state index is 0.713. The predicted molar refractivity (Wildman–Crippen MR) is 72.1 cm³/mol. The molecule has 0 nitrogen and oxygen atoms in total. The van der Waals surface area contributed by atoms with Gasteiger partial charge < -0.3 is 0 Å². The number of rotatable bonds is 4. The van der Waals surface area contributed by atoms with Crippen LogP contribution in [-0.4, -0.2) is 6.26 Å². The van der Waals surface area contributed by atoms with E-state index in [9.17, 15) is 0 Å². The molecule has 1 aliphatic rings. The zero-order valence-corrected chi connectivity index (χ0v) is 11.2. The third-order valence-electron chi connectivity index (χ3n) is 3.26. The Labute approximate surface area is 98.5 Å². The van der Waals surface area contributed by atoms with Crippen molar-refractivity contribution in [3.63, 3.8) is 0 Å². The highest BCUT2D eigenvalue weighted by molar-refractivity contribution is 8.02. The van der Waals surface area contributed by atoms with Crippen LogP contribution < -0.4 is 0 Å². The van der Waals surface area contributed by atoms with E-state index in [2.05, 4.69) is 39.7 Å². The molecule has 0 aromatic carbocycles. The molecule has 1 aliphatic carbocycles. The second-order valence-electron chi connectivity index (χ2n) is 4.29. The van der Waals surface area contributed by atoms with Gasteiger partial charge in [-0.15, -0.1) is 11.8 Å². The second-order valence-corrected chi connectivity index (χ2v) is 5.19. The van der Waals surface area contributed by atoms with Gasteiger partial charge in [0.1, 0.15) is 0 Å². The fourth-order valence-corrected chi connectivity index (χ4v) is 2.50. The number of hydrogen-bond donors (Lipinski definition) is 0. The molecule has 0 saturated heterocycles. The standard InChI is InChI=1S/C14H22S/c1-6-7-13-11(3)10(2)8-9-14(13)12(4)15-5/h9-10H,4,6-8H2,1-3,5H3. The first-order chi connectivity index (χ1) is 7.11. The summed E-state index contributed by atoms with van der Waals surface area (Å²) in [4.78, 5) is 1.23. The molecule has 1 rings (SSSR count). The topological polar surface area (TPSA) is 0 Å². The lowest BCUT2D eigenvalue weighted by Gasteiger charge is -2.25. The molecule has 0 aromatic rings. The van der Waals surface area contributed by atoms with Crippen molar-refractivity contribution in [3.8, 4) is 0 Å². The van der Waals surface area contributed by atoms with Crippen molar-refractivity contribution in [2.24, 2.45) is 5.92 Å². The van der Waals surface area contributed by atoms with Gasteiger partial charge in [0.25, 0.3) is 0 Å². The predicted octanol–water partition coefficient (Wildman–Crippen LogP) is 4.95. The summed E-state index contributed by atoms with van der Waals surface area (Å²) in [7, 11) is 0. The van der Waals surface area contributed by atoms with Crippen molar-refractivity contribution in [2.75, 3.05) is 6.26 Å². The Morgan fingerprint density at radius 1 is 1.60 bits per heavy atom. The molecule has 0 heterocycles. The molecule has 15 heavy (non-hydrogen) atoms. The molecule has 0 N–H and O–H groups in total. The molecule has 0 amide bonds. The van der Waals surface area contributed by atoms with Crippen LogP contribution in [0.2, 0.25) is 0 Å². The van der Waals surface area contributed by atoms with E-state index in [-0.39, 0.29) is 0 Å². The molecule has 0 aromatic heterocycles. The Morgan fingerprint density at radius 2 is 2.27 bits per heavy atom. The van der Waals surface area contributed by atoms with Crippen LogP contribution in [0, 0.1) is 5.92 Å². The summed E-state index contributed by atoms with van der Waals surface area (Å²) >= 11 is 1.77. The van der Waals surface area contributed by atoms with Crippen molar-refractivity contribution in [1.82, 2.24) is 0 Å². The molecular formula is C14H22S. The van der Waals surface area contributed by atoms with Crippen LogP contribution in [0.5, 0.6) is 0 Å². The maximum absolute atomic E-state index is 4.15. The first-order valence-corrected chi connectivity index (χ1v) is 6.97. The van der Waals surface area contributed by atoms with Crippen LogP contribution in [-0.2, 0) is 0 Å². The van der Waals surface area contributed by atoms with E-state index in [0.29, 0.717) is 5.92 Å². The first-order valence-electron chi connectivity index (χ1n) is 5.75. The SMILES string of the molecule is C=C(SC)C1=CCC(C)C(C)=C1CCC. The molecule has 0 fully saturated rings. The van der Waals surface area contributed by atoms with E-state index < -0.39 is 0 Å². The van der Waals surface area contributed by atoms with Crippen molar-refractivity contribution in [3.05, 3.63) is 34.3 Å². The number of allylic oxidation sites excluding steroid dienone is 4. The highest BCUT2D eigenvalue weighted by Gasteiger charge is 2.18. The van der Waals surface area contributed by atoms with Gasteiger partial charge in [0.2, 0.25) is 0 Å². The first kappa shape index (κ1) is 12.6. The minimum Gasteiger partial charge on any atom is -0.130 e. The summed E-state index contributed by atoms with van der Waals surface area (Å²) in [6.45, 7) is 11.0. The van der Waals surface area contributed by atoms with Crippen molar-refractivity contribution in [2.45, 2.75) is 40.0 Å². The monoisotopic (exact) mass is 222 g/mol. The fourth-order valence-electron chi connectivity index (χ4n) is 2.08. The number of thioether (sulfide) groups is 1. The summed E-state index contributed by atoms with van der Waals surface area (Å²) in [5.74, 6) is 0.713. The highest BCUT2D eigenvalue weighted by Crippen LogP contribution is 2.37. The highest BCUT2D eigenvalue weighted by atomic mass is 32.2. The van der Waals surface area contributed by atoms with E-state index in [1.54, 1.807) is 22.9 Å². The van der Waals surface area contributed by atoms with Gasteiger partial charge in [-0.25, -0.2) is 0 Å². The maximum Gasteiger partial charge on any atom is 0.00692 e. The summed E-state index contributed by atoms with van der Waals surface area (Å²) in [5, 5.41) is 0. The van der Waals surface area contributed by atoms with Gasteiger partial charge in [0.05, 0.1) is 0 Å². The number of hydrogen-bond acceptors (Lipinski definition) is 1. The van der Waals surface area contributed by atoms with E-state index in [4.69, 9.17) is 0 Å². The molecular weight excluding hydrogens is 200 g/mol. The molecule has 0 spiro atoms. The Kier molecular flexibility index (Phi) is 4.72. The molecule has 0 aliphatic heterocycles. The van der Waals surface area contributed by atoms with Crippen LogP contribution in [0.4, 0.5) is 0 Å². The van der Waals surface area contributed by atoms with E-state index in [1.807, 2.05) is 0 Å². The minimum atomic E-state index is 0.713. The quantitative estimate of drug-likeness (QED) is 0.649. The van der Waals surface area contributed by atoms with Crippen LogP contribution >= 0.6 is 11.8 Å². The van der Waals surface area contributed by atoms with Crippen molar-refractivity contribution in [1.29, 1.82) is 0 Å². The van der Waals surface area contributed by atoms with Gasteiger partial charge in [-0.3, -0.25) is 0 Å². The van der Waals surface area contributed by atoms with Crippen LogP contribution in [0.3, 0.4) is 0 Å². The van der Waals surface area contributed by atoms with E-state index in [0.717, 1.165) is 0 Å². The lowest BCUT2D eigenvalue weighted by atomic mass is 9.83. The Morgan fingerprint density at radius 3 is 2.80 bits per heavy atom. The smallest absolute Gasteiger partial charge is 0.00692 e. The zero-order valence-electron chi connectivity index (χ0n) is 10.4. The average molecular weight is 222 g/mol. The van der Waals surface area contributed by atoms with Crippen LogP contribution in [0.1, 0.15) is 40.0 Å². The summed E-state index contributed by atoms with van der Waals surface area (Å²) < 4.78 is 0. The van der Waals surface area contributed by atoms with E-state index >= 15 is 0 Å². The molecule has 1 atom stereocenters. The molecule has 84 valence electrons. The lowest BCUT2D eigenvalue weighted by molar-refractivity contribution is 0.661. The molecule has 1 unspecified atom stereocenters. The summed E-state index contributed by atoms with van der Waals surface area (Å²) in [6.07, 6.45) is 8.08. The van der Waals surface area contributed by atoms with Crippen LogP contribution in [0.25, 0.3) is 0 Å².